The summed E-state index contributed by atoms with van der Waals surface area (Å²) >= 11 is 0. The van der Waals surface area contributed by atoms with Crippen molar-refractivity contribution in [2.45, 2.75) is 56.6 Å². The van der Waals surface area contributed by atoms with Gasteiger partial charge in [-0.3, -0.25) is 0 Å². The Hall–Kier alpha value is -3.02. The minimum absolute atomic E-state index is 0.343. The molecule has 2 heterocycles. The highest BCUT2D eigenvalue weighted by atomic mass is 16.8. The second-order valence-corrected chi connectivity index (χ2v) is 9.07. The Labute approximate surface area is 218 Å². The fourth-order valence-electron chi connectivity index (χ4n) is 4.59. The highest BCUT2D eigenvalue weighted by Gasteiger charge is 2.51. The van der Waals surface area contributed by atoms with Gasteiger partial charge in [0.25, 0.3) is 0 Å². The van der Waals surface area contributed by atoms with E-state index in [9.17, 15) is 0 Å². The zero-order valence-electron chi connectivity index (χ0n) is 20.7. The van der Waals surface area contributed by atoms with Gasteiger partial charge in [0.2, 0.25) is 0 Å². The highest BCUT2D eigenvalue weighted by Crippen LogP contribution is 2.37. The molecule has 0 N–H and O–H groups in total. The number of fused-ring (bicyclic) bond motifs is 1. The van der Waals surface area contributed by atoms with Gasteiger partial charge in [0, 0.05) is 12.0 Å². The molecule has 0 unspecified atom stereocenters. The van der Waals surface area contributed by atoms with Crippen LogP contribution in [0.25, 0.3) is 0 Å². The van der Waals surface area contributed by atoms with Crippen LogP contribution in [0.3, 0.4) is 0 Å². The lowest BCUT2D eigenvalue weighted by molar-refractivity contribution is -0.372. The summed E-state index contributed by atoms with van der Waals surface area (Å²) in [6.07, 6.45) is 2.92. The van der Waals surface area contributed by atoms with E-state index in [-0.39, 0.29) is 6.10 Å². The van der Waals surface area contributed by atoms with Crippen molar-refractivity contribution < 1.29 is 28.4 Å². The molecule has 37 heavy (non-hydrogen) atoms. The maximum Gasteiger partial charge on any atom is 0.186 e. The molecule has 6 atom stereocenters. The van der Waals surface area contributed by atoms with Crippen molar-refractivity contribution in [2.75, 3.05) is 13.2 Å². The summed E-state index contributed by atoms with van der Waals surface area (Å²) in [6, 6.07) is 29.9. The minimum Gasteiger partial charge on any atom is -0.368 e. The average molecular weight is 501 g/mol. The Morgan fingerprint density at radius 1 is 0.730 bits per heavy atom. The van der Waals surface area contributed by atoms with E-state index in [2.05, 4.69) is 5.92 Å². The summed E-state index contributed by atoms with van der Waals surface area (Å²) in [4.78, 5) is 0. The molecule has 0 bridgehead atoms. The van der Waals surface area contributed by atoms with Gasteiger partial charge in [-0.2, -0.15) is 0 Å². The molecule has 0 aliphatic carbocycles. The molecule has 6 heteroatoms. The number of benzene rings is 3. The monoisotopic (exact) mass is 500 g/mol. The molecule has 2 aliphatic rings. The fraction of sp³-hybridized carbons (Fsp3) is 0.355. The number of ether oxygens (including phenoxy) is 6. The van der Waals surface area contributed by atoms with Gasteiger partial charge >= 0.3 is 0 Å². The lowest BCUT2D eigenvalue weighted by Crippen LogP contribution is -2.63. The predicted octanol–water partition coefficient (Wildman–Crippen LogP) is 5.04. The molecule has 0 saturated carbocycles. The number of hydrogen-bond acceptors (Lipinski definition) is 6. The quantitative estimate of drug-likeness (QED) is 0.287. The third kappa shape index (κ3) is 6.65. The summed E-state index contributed by atoms with van der Waals surface area (Å²) in [5.41, 5.74) is 3.05. The Bertz CT molecular complexity index is 1120. The molecule has 0 amide bonds. The standard InChI is InChI=1S/C31H32O6/c1-2-3-19-32-31-29(34-21-24-15-9-5-10-16-24)28(33-20-23-13-7-4-8-14-23)27-26(36-31)22-35-30(37-27)25-17-11-6-12-18-25/h1,4-18,26-31H,3,19-22H2/t26-,27-,28+,29-,30-,31+/m1/s1. The van der Waals surface area contributed by atoms with Crippen molar-refractivity contribution in [1.29, 1.82) is 0 Å². The summed E-state index contributed by atoms with van der Waals surface area (Å²) in [5, 5.41) is 0. The maximum absolute atomic E-state index is 6.55. The van der Waals surface area contributed by atoms with Crippen LogP contribution in [-0.2, 0) is 41.6 Å². The van der Waals surface area contributed by atoms with Crippen molar-refractivity contribution in [2.24, 2.45) is 0 Å². The van der Waals surface area contributed by atoms with Crippen LogP contribution in [0, 0.1) is 12.3 Å². The first-order valence-electron chi connectivity index (χ1n) is 12.7. The molecular weight excluding hydrogens is 468 g/mol. The number of hydrogen-bond donors (Lipinski definition) is 0. The van der Waals surface area contributed by atoms with Crippen LogP contribution >= 0.6 is 0 Å². The SMILES string of the molecule is C#CCCO[C@H]1O[C@@H]2CO[C@@H](c3ccccc3)O[C@H]2[C@H](OCc2ccccc2)[C@H]1OCc1ccccc1. The lowest BCUT2D eigenvalue weighted by Gasteiger charge is -2.49. The van der Waals surface area contributed by atoms with Crippen molar-refractivity contribution in [3.63, 3.8) is 0 Å². The lowest BCUT2D eigenvalue weighted by atomic mass is 9.97. The molecule has 2 aliphatic heterocycles. The number of rotatable bonds is 10. The normalized spacial score (nSPS) is 27.2. The smallest absolute Gasteiger partial charge is 0.186 e. The first-order valence-corrected chi connectivity index (χ1v) is 12.7. The first kappa shape index (κ1) is 25.6. The van der Waals surface area contributed by atoms with Crippen LogP contribution in [0.5, 0.6) is 0 Å². The van der Waals surface area contributed by atoms with E-state index in [4.69, 9.17) is 34.8 Å². The molecule has 2 saturated heterocycles. The van der Waals surface area contributed by atoms with Crippen molar-refractivity contribution in [1.82, 2.24) is 0 Å². The highest BCUT2D eigenvalue weighted by molar-refractivity contribution is 5.17. The Morgan fingerprint density at radius 3 is 1.95 bits per heavy atom. The largest absolute Gasteiger partial charge is 0.368 e. The van der Waals surface area contributed by atoms with Crippen LogP contribution in [0.2, 0.25) is 0 Å². The molecule has 6 nitrogen and oxygen atoms in total. The first-order chi connectivity index (χ1) is 18.3. The van der Waals surface area contributed by atoms with Crippen molar-refractivity contribution in [3.05, 3.63) is 108 Å². The predicted molar refractivity (Wildman–Crippen MR) is 138 cm³/mol. The van der Waals surface area contributed by atoms with Crippen LogP contribution < -0.4 is 0 Å². The van der Waals surface area contributed by atoms with Crippen LogP contribution in [0.4, 0.5) is 0 Å². The second kappa shape index (κ2) is 13.0. The van der Waals surface area contributed by atoms with E-state index >= 15 is 0 Å². The van der Waals surface area contributed by atoms with Crippen LogP contribution in [0.1, 0.15) is 29.4 Å². The molecule has 0 spiro atoms. The second-order valence-electron chi connectivity index (χ2n) is 9.07. The Morgan fingerprint density at radius 2 is 1.32 bits per heavy atom. The topological polar surface area (TPSA) is 55.4 Å². The third-order valence-electron chi connectivity index (χ3n) is 6.45. The van der Waals surface area contributed by atoms with Gasteiger partial charge in [0.15, 0.2) is 12.6 Å². The Kier molecular flexibility index (Phi) is 8.99. The van der Waals surface area contributed by atoms with Gasteiger partial charge in [-0.25, -0.2) is 0 Å². The van der Waals surface area contributed by atoms with Crippen molar-refractivity contribution >= 4 is 0 Å². The molecule has 192 valence electrons. The molecule has 3 aromatic rings. The minimum atomic E-state index is -0.681. The van der Waals surface area contributed by atoms with E-state index in [0.717, 1.165) is 16.7 Å². The number of terminal acetylenes is 1. The molecule has 0 aromatic heterocycles. The molecular formula is C31H32O6. The van der Waals surface area contributed by atoms with E-state index in [1.54, 1.807) is 0 Å². The van der Waals surface area contributed by atoms with Gasteiger partial charge in [0.1, 0.15) is 24.4 Å². The zero-order chi connectivity index (χ0) is 25.3. The van der Waals surface area contributed by atoms with Gasteiger partial charge < -0.3 is 28.4 Å². The van der Waals surface area contributed by atoms with Gasteiger partial charge in [-0.1, -0.05) is 91.0 Å². The molecule has 2 fully saturated rings. The molecule has 3 aromatic carbocycles. The summed E-state index contributed by atoms with van der Waals surface area (Å²) in [5.74, 6) is 2.62. The van der Waals surface area contributed by atoms with E-state index in [1.165, 1.54) is 0 Å². The maximum atomic E-state index is 6.55. The van der Waals surface area contributed by atoms with E-state index < -0.39 is 30.9 Å². The molecule has 0 radical (unpaired) electrons. The summed E-state index contributed by atoms with van der Waals surface area (Å²) < 4.78 is 38.0. The van der Waals surface area contributed by atoms with Crippen molar-refractivity contribution in [3.8, 4) is 12.3 Å². The zero-order valence-corrected chi connectivity index (χ0v) is 20.7. The van der Waals surface area contributed by atoms with Gasteiger partial charge in [-0.05, 0) is 11.1 Å². The van der Waals surface area contributed by atoms with Crippen LogP contribution in [0.15, 0.2) is 91.0 Å². The van der Waals surface area contributed by atoms with Crippen LogP contribution in [-0.4, -0.2) is 43.9 Å². The molecule has 5 rings (SSSR count). The fourth-order valence-corrected chi connectivity index (χ4v) is 4.59. The van der Waals surface area contributed by atoms with E-state index in [1.807, 2.05) is 91.0 Å². The summed E-state index contributed by atoms with van der Waals surface area (Å²) in [7, 11) is 0. The summed E-state index contributed by atoms with van der Waals surface area (Å²) in [6.45, 7) is 1.47. The van der Waals surface area contributed by atoms with Gasteiger partial charge in [0.05, 0.1) is 26.4 Å². The van der Waals surface area contributed by atoms with Gasteiger partial charge in [-0.15, -0.1) is 12.3 Å². The average Bonchev–Trinajstić information content (AvgIpc) is 2.96. The third-order valence-corrected chi connectivity index (χ3v) is 6.45. The van der Waals surface area contributed by atoms with E-state index in [0.29, 0.717) is 32.8 Å². The Balaban J connectivity index is 1.40.